The van der Waals surface area contributed by atoms with Gasteiger partial charge in [-0.25, -0.2) is 0 Å². The van der Waals surface area contributed by atoms with Crippen molar-refractivity contribution in [3.8, 4) is 0 Å². The third-order valence-electron chi connectivity index (χ3n) is 2.29. The lowest BCUT2D eigenvalue weighted by molar-refractivity contribution is -0.0874. The van der Waals surface area contributed by atoms with Crippen LogP contribution in [-0.4, -0.2) is 53.6 Å². The number of aliphatic hydroxyl groups excluding tert-OH is 2. The lowest BCUT2D eigenvalue weighted by atomic mass is 10.2. The molecule has 12 heavy (non-hydrogen) atoms. The predicted molar refractivity (Wildman–Crippen MR) is 46.7 cm³/mol. The Morgan fingerprint density at radius 2 is 1.92 bits per heavy atom. The second kappa shape index (κ2) is 4.77. The first kappa shape index (κ1) is 9.92. The molecule has 1 aliphatic heterocycles. The SMILES string of the molecule is CCC(O)C(O)N1CCNCC1. The van der Waals surface area contributed by atoms with Gasteiger partial charge in [0.15, 0.2) is 0 Å². The van der Waals surface area contributed by atoms with Crippen LogP contribution in [0.15, 0.2) is 0 Å². The lowest BCUT2D eigenvalue weighted by Crippen LogP contribution is -2.52. The van der Waals surface area contributed by atoms with E-state index in [9.17, 15) is 10.2 Å². The molecule has 0 spiro atoms. The molecule has 0 bridgehead atoms. The highest BCUT2D eigenvalue weighted by Crippen LogP contribution is 2.05. The van der Waals surface area contributed by atoms with Crippen molar-refractivity contribution in [2.24, 2.45) is 0 Å². The smallest absolute Gasteiger partial charge is 0.133 e. The first-order chi connectivity index (χ1) is 5.75. The lowest BCUT2D eigenvalue weighted by Gasteiger charge is -2.33. The van der Waals surface area contributed by atoms with Gasteiger partial charge in [0.05, 0.1) is 6.10 Å². The molecule has 1 saturated heterocycles. The van der Waals surface area contributed by atoms with Crippen LogP contribution in [-0.2, 0) is 0 Å². The number of nitrogens with one attached hydrogen (secondary N) is 1. The molecular formula is C8H18N2O2. The fourth-order valence-corrected chi connectivity index (χ4v) is 1.40. The monoisotopic (exact) mass is 174 g/mol. The second-order valence-corrected chi connectivity index (χ2v) is 3.18. The average molecular weight is 174 g/mol. The largest absolute Gasteiger partial charge is 0.389 e. The third-order valence-corrected chi connectivity index (χ3v) is 2.29. The number of nitrogens with zero attached hydrogens (tertiary/aromatic N) is 1. The van der Waals surface area contributed by atoms with Crippen LogP contribution in [0.3, 0.4) is 0 Å². The van der Waals surface area contributed by atoms with E-state index in [0.717, 1.165) is 26.2 Å². The van der Waals surface area contributed by atoms with Crippen LogP contribution in [0.2, 0.25) is 0 Å². The minimum atomic E-state index is -0.683. The standard InChI is InChI=1S/C8H18N2O2/c1-2-7(11)8(12)10-5-3-9-4-6-10/h7-9,11-12H,2-6H2,1H3. The predicted octanol–water partition coefficient (Wildman–Crippen LogP) is -1.02. The summed E-state index contributed by atoms with van der Waals surface area (Å²) in [6, 6.07) is 0. The summed E-state index contributed by atoms with van der Waals surface area (Å²) in [5, 5.41) is 22.1. The minimum Gasteiger partial charge on any atom is -0.389 e. The summed E-state index contributed by atoms with van der Waals surface area (Å²) < 4.78 is 0. The normalized spacial score (nSPS) is 25.2. The molecule has 72 valence electrons. The van der Waals surface area contributed by atoms with Gasteiger partial charge in [-0.05, 0) is 6.42 Å². The van der Waals surface area contributed by atoms with Crippen LogP contribution < -0.4 is 5.32 Å². The van der Waals surface area contributed by atoms with Crippen LogP contribution in [0, 0.1) is 0 Å². The van der Waals surface area contributed by atoms with Gasteiger partial charge in [0.1, 0.15) is 6.23 Å². The van der Waals surface area contributed by atoms with Crippen LogP contribution in [0.5, 0.6) is 0 Å². The molecule has 1 fully saturated rings. The van der Waals surface area contributed by atoms with Crippen LogP contribution in [0.4, 0.5) is 0 Å². The molecule has 3 N–H and O–H groups in total. The first-order valence-electron chi connectivity index (χ1n) is 4.56. The summed E-state index contributed by atoms with van der Waals surface area (Å²) in [6.45, 7) is 5.30. The Bertz CT molecular complexity index is 126. The fourth-order valence-electron chi connectivity index (χ4n) is 1.40. The summed E-state index contributed by atoms with van der Waals surface area (Å²) in [5.74, 6) is 0. The van der Waals surface area contributed by atoms with Crippen molar-refractivity contribution in [1.29, 1.82) is 0 Å². The van der Waals surface area contributed by atoms with Gasteiger partial charge in [0, 0.05) is 26.2 Å². The van der Waals surface area contributed by atoms with Crippen molar-refractivity contribution in [2.45, 2.75) is 25.7 Å². The first-order valence-corrected chi connectivity index (χ1v) is 4.56. The molecule has 1 heterocycles. The van der Waals surface area contributed by atoms with Crippen molar-refractivity contribution in [3.63, 3.8) is 0 Å². The Hall–Kier alpha value is -0.160. The van der Waals surface area contributed by atoms with E-state index in [0.29, 0.717) is 6.42 Å². The quantitative estimate of drug-likeness (QED) is 0.513. The van der Waals surface area contributed by atoms with Gasteiger partial charge >= 0.3 is 0 Å². The van der Waals surface area contributed by atoms with Crippen molar-refractivity contribution in [2.75, 3.05) is 26.2 Å². The Morgan fingerprint density at radius 3 is 2.42 bits per heavy atom. The Kier molecular flexibility index (Phi) is 3.94. The number of rotatable bonds is 3. The molecule has 2 atom stereocenters. The van der Waals surface area contributed by atoms with Gasteiger partial charge in [-0.15, -0.1) is 0 Å². The van der Waals surface area contributed by atoms with Crippen molar-refractivity contribution < 1.29 is 10.2 Å². The van der Waals surface area contributed by atoms with Crippen molar-refractivity contribution >= 4 is 0 Å². The van der Waals surface area contributed by atoms with E-state index in [1.807, 2.05) is 11.8 Å². The maximum Gasteiger partial charge on any atom is 0.133 e. The molecule has 4 heteroatoms. The molecule has 1 aliphatic rings. The van der Waals surface area contributed by atoms with E-state index in [1.54, 1.807) is 0 Å². The summed E-state index contributed by atoms with van der Waals surface area (Å²) >= 11 is 0. The zero-order chi connectivity index (χ0) is 8.97. The highest BCUT2D eigenvalue weighted by molar-refractivity contribution is 4.73. The molecule has 0 amide bonds. The molecular weight excluding hydrogens is 156 g/mol. The molecule has 2 unspecified atom stereocenters. The van der Waals surface area contributed by atoms with Gasteiger partial charge in [-0.3, -0.25) is 4.90 Å². The average Bonchev–Trinajstić information content (AvgIpc) is 2.17. The zero-order valence-corrected chi connectivity index (χ0v) is 7.53. The highest BCUT2D eigenvalue weighted by atomic mass is 16.3. The van der Waals surface area contributed by atoms with Crippen LogP contribution in [0.1, 0.15) is 13.3 Å². The number of piperazine rings is 1. The van der Waals surface area contributed by atoms with Gasteiger partial charge in [0.25, 0.3) is 0 Å². The molecule has 0 aromatic rings. The maximum absolute atomic E-state index is 9.59. The van der Waals surface area contributed by atoms with Crippen LogP contribution >= 0.6 is 0 Å². The van der Waals surface area contributed by atoms with E-state index < -0.39 is 12.3 Å². The maximum atomic E-state index is 9.59. The second-order valence-electron chi connectivity index (χ2n) is 3.18. The van der Waals surface area contributed by atoms with Crippen molar-refractivity contribution in [3.05, 3.63) is 0 Å². The van der Waals surface area contributed by atoms with Gasteiger partial charge in [0.2, 0.25) is 0 Å². The van der Waals surface area contributed by atoms with E-state index in [-0.39, 0.29) is 0 Å². The molecule has 0 radical (unpaired) electrons. The molecule has 0 aromatic carbocycles. The van der Waals surface area contributed by atoms with Crippen molar-refractivity contribution in [1.82, 2.24) is 10.2 Å². The summed E-state index contributed by atoms with van der Waals surface area (Å²) in [7, 11) is 0. The fraction of sp³-hybridized carbons (Fsp3) is 1.00. The third kappa shape index (κ3) is 2.42. The Labute approximate surface area is 73.2 Å². The zero-order valence-electron chi connectivity index (χ0n) is 7.53. The minimum absolute atomic E-state index is 0.602. The Balaban J connectivity index is 2.33. The topological polar surface area (TPSA) is 55.7 Å². The molecule has 1 rings (SSSR count). The van der Waals surface area contributed by atoms with E-state index in [1.165, 1.54) is 0 Å². The van der Waals surface area contributed by atoms with E-state index >= 15 is 0 Å². The highest BCUT2D eigenvalue weighted by Gasteiger charge is 2.23. The summed E-state index contributed by atoms with van der Waals surface area (Å²) in [6.07, 6.45) is -0.689. The van der Waals surface area contributed by atoms with E-state index in [2.05, 4.69) is 5.32 Å². The number of hydrogen-bond donors (Lipinski definition) is 3. The molecule has 4 nitrogen and oxygen atoms in total. The van der Waals surface area contributed by atoms with E-state index in [4.69, 9.17) is 0 Å². The number of aliphatic hydroxyl groups is 2. The Morgan fingerprint density at radius 1 is 1.33 bits per heavy atom. The van der Waals surface area contributed by atoms with Gasteiger partial charge in [-0.1, -0.05) is 6.92 Å². The van der Waals surface area contributed by atoms with Gasteiger partial charge in [-0.2, -0.15) is 0 Å². The summed E-state index contributed by atoms with van der Waals surface area (Å²) in [5.41, 5.74) is 0. The van der Waals surface area contributed by atoms with Gasteiger partial charge < -0.3 is 15.5 Å². The number of hydrogen-bond acceptors (Lipinski definition) is 4. The van der Waals surface area contributed by atoms with Crippen LogP contribution in [0.25, 0.3) is 0 Å². The summed E-state index contributed by atoms with van der Waals surface area (Å²) in [4.78, 5) is 1.91. The molecule has 0 aromatic heterocycles. The molecule has 0 aliphatic carbocycles. The molecule has 0 saturated carbocycles.